The minimum absolute atomic E-state index is 0.670. The van der Waals surface area contributed by atoms with Crippen LogP contribution in [0.2, 0.25) is 0 Å². The number of rotatable bonds is 3. The molecule has 4 nitrogen and oxygen atoms in total. The molecular formula is C10H12N4. The Hall–Kier alpha value is -1.68. The largest absolute Gasteiger partial charge is 0.330 e. The molecule has 0 fully saturated rings. The number of aromatic nitrogens is 3. The van der Waals surface area contributed by atoms with E-state index in [1.54, 1.807) is 16.9 Å². The third kappa shape index (κ3) is 1.65. The summed E-state index contributed by atoms with van der Waals surface area (Å²) < 4.78 is 1.75. The highest BCUT2D eigenvalue weighted by atomic mass is 15.2. The summed E-state index contributed by atoms with van der Waals surface area (Å²) in [6, 6.07) is 1.85. The molecule has 2 aromatic rings. The van der Waals surface area contributed by atoms with Crippen molar-refractivity contribution in [1.29, 1.82) is 0 Å². The van der Waals surface area contributed by atoms with Crippen LogP contribution in [0.15, 0.2) is 30.7 Å². The van der Waals surface area contributed by atoms with E-state index in [2.05, 4.69) is 10.1 Å². The Morgan fingerprint density at radius 3 is 3.29 bits per heavy atom. The maximum atomic E-state index is 5.39. The van der Waals surface area contributed by atoms with E-state index in [1.165, 1.54) is 0 Å². The Morgan fingerprint density at radius 2 is 2.43 bits per heavy atom. The highest BCUT2D eigenvalue weighted by molar-refractivity contribution is 5.64. The van der Waals surface area contributed by atoms with Crippen LogP contribution in [0.1, 0.15) is 12.0 Å². The molecule has 0 amide bonds. The summed E-state index contributed by atoms with van der Waals surface area (Å²) in [6.45, 7) is 0.670. The fraction of sp³-hybridized carbons (Fsp3) is 0.200. The smallest absolute Gasteiger partial charge is 0.162 e. The van der Waals surface area contributed by atoms with Crippen molar-refractivity contribution in [3.05, 3.63) is 36.3 Å². The van der Waals surface area contributed by atoms with E-state index in [-0.39, 0.29) is 0 Å². The van der Waals surface area contributed by atoms with Gasteiger partial charge in [-0.25, -0.2) is 9.50 Å². The molecule has 72 valence electrons. The standard InChI is InChI=1S/C10H12N4/c11-5-2-1-4-9-8-13-14-7-3-6-12-10(9)14/h1,3-4,6-8H,2,5,11H2. The van der Waals surface area contributed by atoms with Crippen LogP contribution >= 0.6 is 0 Å². The van der Waals surface area contributed by atoms with Crippen molar-refractivity contribution in [1.82, 2.24) is 14.6 Å². The van der Waals surface area contributed by atoms with Crippen LogP contribution < -0.4 is 5.73 Å². The number of hydrogen-bond acceptors (Lipinski definition) is 3. The van der Waals surface area contributed by atoms with Crippen LogP contribution in [0.5, 0.6) is 0 Å². The van der Waals surface area contributed by atoms with Crippen molar-refractivity contribution in [2.75, 3.05) is 6.54 Å². The minimum atomic E-state index is 0.670. The molecule has 2 aromatic heterocycles. The van der Waals surface area contributed by atoms with E-state index in [9.17, 15) is 0 Å². The molecule has 0 saturated carbocycles. The molecule has 2 rings (SSSR count). The Labute approximate surface area is 82.1 Å². The van der Waals surface area contributed by atoms with Crippen LogP contribution in [0.4, 0.5) is 0 Å². The van der Waals surface area contributed by atoms with E-state index in [0.29, 0.717) is 6.54 Å². The van der Waals surface area contributed by atoms with Crippen molar-refractivity contribution < 1.29 is 0 Å². The number of nitrogens with two attached hydrogens (primary N) is 1. The van der Waals surface area contributed by atoms with Crippen LogP contribution in [0, 0.1) is 0 Å². The Kier molecular flexibility index (Phi) is 2.55. The zero-order valence-corrected chi connectivity index (χ0v) is 7.80. The molecule has 0 aliphatic rings. The number of fused-ring (bicyclic) bond motifs is 1. The summed E-state index contributed by atoms with van der Waals surface area (Å²) in [5.74, 6) is 0. The average Bonchev–Trinajstić information content (AvgIpc) is 2.63. The van der Waals surface area contributed by atoms with Crippen molar-refractivity contribution in [3.63, 3.8) is 0 Å². The molecule has 0 spiro atoms. The zero-order chi connectivity index (χ0) is 9.80. The van der Waals surface area contributed by atoms with Gasteiger partial charge in [-0.3, -0.25) is 0 Å². The summed E-state index contributed by atoms with van der Waals surface area (Å²) in [4.78, 5) is 4.24. The van der Waals surface area contributed by atoms with Gasteiger partial charge in [0, 0.05) is 18.0 Å². The topological polar surface area (TPSA) is 56.2 Å². The third-order valence-electron chi connectivity index (χ3n) is 1.94. The zero-order valence-electron chi connectivity index (χ0n) is 7.80. The Bertz CT molecular complexity index is 444. The summed E-state index contributed by atoms with van der Waals surface area (Å²) in [5, 5.41) is 4.17. The first-order valence-electron chi connectivity index (χ1n) is 4.57. The van der Waals surface area contributed by atoms with Gasteiger partial charge < -0.3 is 5.73 Å². The number of nitrogens with zero attached hydrogens (tertiary/aromatic N) is 3. The lowest BCUT2D eigenvalue weighted by Crippen LogP contribution is -1.94. The van der Waals surface area contributed by atoms with Crippen molar-refractivity contribution in [2.24, 2.45) is 5.73 Å². The first-order valence-corrected chi connectivity index (χ1v) is 4.57. The second-order valence-corrected chi connectivity index (χ2v) is 2.97. The molecule has 0 aliphatic heterocycles. The molecule has 0 bridgehead atoms. The van der Waals surface area contributed by atoms with Crippen molar-refractivity contribution in [2.45, 2.75) is 6.42 Å². The Morgan fingerprint density at radius 1 is 1.50 bits per heavy atom. The van der Waals surface area contributed by atoms with Gasteiger partial charge in [0.1, 0.15) is 0 Å². The van der Waals surface area contributed by atoms with Gasteiger partial charge in [-0.05, 0) is 19.0 Å². The van der Waals surface area contributed by atoms with E-state index in [4.69, 9.17) is 5.73 Å². The van der Waals surface area contributed by atoms with Gasteiger partial charge in [-0.1, -0.05) is 12.2 Å². The predicted octanol–water partition coefficient (Wildman–Crippen LogP) is 1.09. The quantitative estimate of drug-likeness (QED) is 0.784. The lowest BCUT2D eigenvalue weighted by Gasteiger charge is -1.90. The van der Waals surface area contributed by atoms with Crippen LogP contribution in [0.3, 0.4) is 0 Å². The second kappa shape index (κ2) is 4.02. The lowest BCUT2D eigenvalue weighted by atomic mass is 10.3. The van der Waals surface area contributed by atoms with Crippen molar-refractivity contribution >= 4 is 11.7 Å². The summed E-state index contributed by atoms with van der Waals surface area (Å²) in [5.41, 5.74) is 7.30. The van der Waals surface area contributed by atoms with Gasteiger partial charge in [0.05, 0.1) is 6.20 Å². The summed E-state index contributed by atoms with van der Waals surface area (Å²) in [6.07, 6.45) is 10.4. The normalized spacial score (nSPS) is 11.5. The van der Waals surface area contributed by atoms with Gasteiger partial charge in [-0.15, -0.1) is 0 Å². The maximum absolute atomic E-state index is 5.39. The fourth-order valence-corrected chi connectivity index (χ4v) is 1.27. The molecule has 4 heteroatoms. The third-order valence-corrected chi connectivity index (χ3v) is 1.94. The molecule has 0 radical (unpaired) electrons. The minimum Gasteiger partial charge on any atom is -0.330 e. The van der Waals surface area contributed by atoms with Crippen LogP contribution in [-0.4, -0.2) is 21.1 Å². The van der Waals surface area contributed by atoms with Gasteiger partial charge in [0.15, 0.2) is 5.65 Å². The summed E-state index contributed by atoms with van der Waals surface area (Å²) in [7, 11) is 0. The van der Waals surface area contributed by atoms with Gasteiger partial charge in [0.25, 0.3) is 0 Å². The van der Waals surface area contributed by atoms with Gasteiger partial charge in [0.2, 0.25) is 0 Å². The first kappa shape index (κ1) is 8.90. The number of hydrogen-bond donors (Lipinski definition) is 1. The van der Waals surface area contributed by atoms with E-state index < -0.39 is 0 Å². The van der Waals surface area contributed by atoms with E-state index >= 15 is 0 Å². The monoisotopic (exact) mass is 188 g/mol. The highest BCUT2D eigenvalue weighted by Gasteiger charge is 1.99. The maximum Gasteiger partial charge on any atom is 0.162 e. The van der Waals surface area contributed by atoms with Crippen LogP contribution in [0.25, 0.3) is 11.7 Å². The Balaban J connectivity index is 2.34. The van der Waals surface area contributed by atoms with Gasteiger partial charge >= 0.3 is 0 Å². The molecule has 0 saturated heterocycles. The summed E-state index contributed by atoms with van der Waals surface area (Å²) >= 11 is 0. The molecular weight excluding hydrogens is 176 g/mol. The molecule has 0 aliphatic carbocycles. The molecule has 14 heavy (non-hydrogen) atoms. The average molecular weight is 188 g/mol. The molecule has 0 aromatic carbocycles. The highest BCUT2D eigenvalue weighted by Crippen LogP contribution is 2.08. The SMILES string of the molecule is NCCC=Cc1cnn2cccnc12. The molecule has 2 heterocycles. The predicted molar refractivity (Wildman–Crippen MR) is 55.7 cm³/mol. The van der Waals surface area contributed by atoms with Crippen molar-refractivity contribution in [3.8, 4) is 0 Å². The molecule has 0 atom stereocenters. The lowest BCUT2D eigenvalue weighted by molar-refractivity contribution is 0.939. The van der Waals surface area contributed by atoms with E-state index in [0.717, 1.165) is 17.6 Å². The van der Waals surface area contributed by atoms with Gasteiger partial charge in [-0.2, -0.15) is 5.10 Å². The second-order valence-electron chi connectivity index (χ2n) is 2.97. The fourth-order valence-electron chi connectivity index (χ4n) is 1.27. The first-order chi connectivity index (χ1) is 6.92. The van der Waals surface area contributed by atoms with E-state index in [1.807, 2.05) is 24.4 Å². The van der Waals surface area contributed by atoms with Crippen LogP contribution in [-0.2, 0) is 0 Å². The molecule has 2 N–H and O–H groups in total. The molecule has 0 unspecified atom stereocenters.